The van der Waals surface area contributed by atoms with Crippen molar-refractivity contribution in [3.63, 3.8) is 0 Å². The Morgan fingerprint density at radius 1 is 1.00 bits per heavy atom. The third kappa shape index (κ3) is 4.35. The van der Waals surface area contributed by atoms with Gasteiger partial charge in [0.05, 0.1) is 5.69 Å². The van der Waals surface area contributed by atoms with E-state index in [1.165, 1.54) is 12.8 Å². The first kappa shape index (κ1) is 19.1. The molecule has 1 fully saturated rings. The van der Waals surface area contributed by atoms with E-state index in [0.29, 0.717) is 5.95 Å². The van der Waals surface area contributed by atoms with Gasteiger partial charge in [0.1, 0.15) is 12.0 Å². The molecule has 1 saturated heterocycles. The van der Waals surface area contributed by atoms with E-state index < -0.39 is 0 Å². The predicted octanol–water partition coefficient (Wildman–Crippen LogP) is 4.79. The summed E-state index contributed by atoms with van der Waals surface area (Å²) in [4.78, 5) is 11.3. The molecular formula is C24H24N6O. The molecular weight excluding hydrogens is 388 g/mol. The van der Waals surface area contributed by atoms with Crippen LogP contribution in [0.2, 0.25) is 0 Å². The van der Waals surface area contributed by atoms with Gasteiger partial charge in [-0.1, -0.05) is 6.07 Å². The van der Waals surface area contributed by atoms with E-state index >= 15 is 0 Å². The molecule has 4 aromatic rings. The molecule has 0 radical (unpaired) electrons. The van der Waals surface area contributed by atoms with Crippen molar-refractivity contribution < 1.29 is 4.74 Å². The topological polar surface area (TPSA) is 67.6 Å². The van der Waals surface area contributed by atoms with Crippen molar-refractivity contribution in [2.45, 2.75) is 19.8 Å². The Kier molecular flexibility index (Phi) is 5.22. The summed E-state index contributed by atoms with van der Waals surface area (Å²) < 4.78 is 7.53. The van der Waals surface area contributed by atoms with Gasteiger partial charge in [-0.05, 0) is 68.3 Å². The highest BCUT2D eigenvalue weighted by Gasteiger charge is 2.10. The zero-order valence-corrected chi connectivity index (χ0v) is 17.4. The minimum Gasteiger partial charge on any atom is -0.463 e. The van der Waals surface area contributed by atoms with Gasteiger partial charge in [-0.25, -0.2) is 4.52 Å². The number of hydrogen-bond acceptors (Lipinski definition) is 6. The third-order valence-corrected chi connectivity index (χ3v) is 5.29. The number of ether oxygens (including phenoxy) is 1. The van der Waals surface area contributed by atoms with Crippen LogP contribution in [0.4, 0.5) is 11.6 Å². The average Bonchev–Trinajstić information content (AvgIpc) is 3.45. The van der Waals surface area contributed by atoms with Crippen LogP contribution in [0.1, 0.15) is 18.5 Å². The molecule has 1 aliphatic heterocycles. The van der Waals surface area contributed by atoms with Crippen LogP contribution in [0, 0.1) is 6.92 Å². The van der Waals surface area contributed by atoms with Crippen LogP contribution in [0.15, 0.2) is 73.3 Å². The minimum atomic E-state index is 0.537. The minimum absolute atomic E-state index is 0.537. The van der Waals surface area contributed by atoms with Gasteiger partial charge in [0.15, 0.2) is 5.65 Å². The van der Waals surface area contributed by atoms with E-state index in [4.69, 9.17) is 4.74 Å². The quantitative estimate of drug-likeness (QED) is 0.459. The molecule has 3 aromatic heterocycles. The van der Waals surface area contributed by atoms with Gasteiger partial charge in [0, 0.05) is 42.4 Å². The fourth-order valence-corrected chi connectivity index (χ4v) is 3.63. The van der Waals surface area contributed by atoms with Crippen molar-refractivity contribution in [2.24, 2.45) is 0 Å². The first-order chi connectivity index (χ1) is 15.2. The first-order valence-electron chi connectivity index (χ1n) is 10.5. The maximum atomic E-state index is 5.70. The lowest BCUT2D eigenvalue weighted by Gasteiger charge is -2.10. The van der Waals surface area contributed by atoms with Crippen LogP contribution in [0.3, 0.4) is 0 Å². The molecule has 0 spiro atoms. The molecule has 156 valence electrons. The van der Waals surface area contributed by atoms with Crippen LogP contribution >= 0.6 is 0 Å². The van der Waals surface area contributed by atoms with Gasteiger partial charge >= 0.3 is 0 Å². The maximum absolute atomic E-state index is 5.70. The number of aryl methyl sites for hydroxylation is 1. The number of likely N-dealkylation sites (tertiary alicyclic amines) is 1. The van der Waals surface area contributed by atoms with Crippen LogP contribution in [-0.2, 0) is 0 Å². The highest BCUT2D eigenvalue weighted by Crippen LogP contribution is 2.23. The van der Waals surface area contributed by atoms with Crippen molar-refractivity contribution in [3.8, 4) is 17.0 Å². The van der Waals surface area contributed by atoms with Gasteiger partial charge in [0.25, 0.3) is 0 Å². The molecule has 1 N–H and O–H groups in total. The molecule has 5 rings (SSSR count). The van der Waals surface area contributed by atoms with E-state index in [0.717, 1.165) is 47.1 Å². The Morgan fingerprint density at radius 3 is 2.61 bits per heavy atom. The van der Waals surface area contributed by atoms with Gasteiger partial charge in [0.2, 0.25) is 5.95 Å². The Labute approximate surface area is 181 Å². The number of benzene rings is 1. The molecule has 7 heteroatoms. The standard InChI is InChI=1S/C24H24N6O/c1-18-7-8-19(17-25-18)22-5-4-6-23-27-24(28-30(22)23)26-20-9-11-21(12-10-20)31-16-15-29-13-2-3-14-29/h4-12,15-17H,2-3,13-14H2,1H3,(H,26,28)/b16-15+. The van der Waals surface area contributed by atoms with E-state index in [9.17, 15) is 0 Å². The van der Waals surface area contributed by atoms with Gasteiger partial charge in [-0.15, -0.1) is 5.10 Å². The van der Waals surface area contributed by atoms with Crippen LogP contribution in [0.5, 0.6) is 5.75 Å². The number of pyridine rings is 2. The zero-order chi connectivity index (χ0) is 21.0. The lowest BCUT2D eigenvalue weighted by atomic mass is 10.2. The largest absolute Gasteiger partial charge is 0.463 e. The highest BCUT2D eigenvalue weighted by atomic mass is 16.5. The molecule has 31 heavy (non-hydrogen) atoms. The summed E-state index contributed by atoms with van der Waals surface area (Å²) in [6, 6.07) is 17.7. The van der Waals surface area contributed by atoms with Crippen LogP contribution < -0.4 is 10.1 Å². The van der Waals surface area contributed by atoms with E-state index in [-0.39, 0.29) is 0 Å². The molecule has 0 bridgehead atoms. The summed E-state index contributed by atoms with van der Waals surface area (Å²) in [5, 5.41) is 7.91. The normalized spacial score (nSPS) is 13.9. The second kappa shape index (κ2) is 8.47. The Balaban J connectivity index is 1.30. The second-order valence-electron chi connectivity index (χ2n) is 7.60. The Hall–Kier alpha value is -3.87. The molecule has 4 heterocycles. The number of rotatable bonds is 6. The molecule has 0 aliphatic carbocycles. The van der Waals surface area contributed by atoms with Crippen molar-refractivity contribution in [2.75, 3.05) is 18.4 Å². The molecule has 0 unspecified atom stereocenters. The summed E-state index contributed by atoms with van der Waals surface area (Å²) in [6.07, 6.45) is 8.13. The Morgan fingerprint density at radius 2 is 1.84 bits per heavy atom. The van der Waals surface area contributed by atoms with Crippen LogP contribution in [0.25, 0.3) is 16.9 Å². The van der Waals surface area contributed by atoms with E-state index in [1.54, 1.807) is 6.26 Å². The summed E-state index contributed by atoms with van der Waals surface area (Å²) in [6.45, 7) is 4.19. The van der Waals surface area contributed by atoms with Crippen molar-refractivity contribution in [1.29, 1.82) is 0 Å². The molecule has 1 aliphatic rings. The lowest BCUT2D eigenvalue weighted by molar-refractivity contribution is 0.423. The monoisotopic (exact) mass is 412 g/mol. The predicted molar refractivity (Wildman–Crippen MR) is 121 cm³/mol. The summed E-state index contributed by atoms with van der Waals surface area (Å²) in [5.41, 5.74) is 4.59. The number of nitrogens with zero attached hydrogens (tertiary/aromatic N) is 5. The average molecular weight is 412 g/mol. The van der Waals surface area contributed by atoms with E-state index in [2.05, 4.69) is 25.3 Å². The molecule has 7 nitrogen and oxygen atoms in total. The maximum Gasteiger partial charge on any atom is 0.247 e. The van der Waals surface area contributed by atoms with Crippen LogP contribution in [-0.4, -0.2) is 37.6 Å². The van der Waals surface area contributed by atoms with Crippen molar-refractivity contribution in [3.05, 3.63) is 79.0 Å². The molecule has 0 saturated carbocycles. The number of hydrogen-bond donors (Lipinski definition) is 1. The van der Waals surface area contributed by atoms with Gasteiger partial charge in [-0.3, -0.25) is 4.98 Å². The number of aromatic nitrogens is 4. The highest BCUT2D eigenvalue weighted by molar-refractivity contribution is 5.64. The summed E-state index contributed by atoms with van der Waals surface area (Å²) in [5.74, 6) is 1.33. The first-order valence-corrected chi connectivity index (χ1v) is 10.5. The SMILES string of the molecule is Cc1ccc(-c2cccc3nc(Nc4ccc(O/C=C/N5CCCC5)cc4)nn23)cn1. The number of anilines is 2. The summed E-state index contributed by atoms with van der Waals surface area (Å²) in [7, 11) is 0. The van der Waals surface area contributed by atoms with Crippen molar-refractivity contribution in [1.82, 2.24) is 24.5 Å². The van der Waals surface area contributed by atoms with Crippen molar-refractivity contribution >= 4 is 17.3 Å². The smallest absolute Gasteiger partial charge is 0.247 e. The number of fused-ring (bicyclic) bond motifs is 1. The fourth-order valence-electron chi connectivity index (χ4n) is 3.63. The zero-order valence-electron chi connectivity index (χ0n) is 17.4. The molecule has 0 atom stereocenters. The Bertz CT molecular complexity index is 1190. The summed E-state index contributed by atoms with van der Waals surface area (Å²) >= 11 is 0. The molecule has 1 aromatic carbocycles. The molecule has 0 amide bonds. The lowest BCUT2D eigenvalue weighted by Crippen LogP contribution is -2.10. The number of nitrogens with one attached hydrogen (secondary N) is 1. The fraction of sp³-hybridized carbons (Fsp3) is 0.208. The van der Waals surface area contributed by atoms with Gasteiger partial charge < -0.3 is 15.0 Å². The van der Waals surface area contributed by atoms with Gasteiger partial charge in [-0.2, -0.15) is 4.98 Å². The van der Waals surface area contributed by atoms with E-state index in [1.807, 2.05) is 78.4 Å². The third-order valence-electron chi connectivity index (χ3n) is 5.29. The second-order valence-corrected chi connectivity index (χ2v) is 7.60.